The second kappa shape index (κ2) is 76.4. The number of ether oxygens (including phenoxy) is 4. The van der Waals surface area contributed by atoms with Crippen molar-refractivity contribution in [3.05, 3.63) is 0 Å². The van der Waals surface area contributed by atoms with Crippen LogP contribution in [0, 0.1) is 11.8 Å². The number of hydrogen-bond acceptors (Lipinski definition) is 15. The summed E-state index contributed by atoms with van der Waals surface area (Å²) >= 11 is 0. The molecule has 0 aromatic heterocycles. The number of hydrogen-bond donors (Lipinski definition) is 3. The molecule has 0 aromatic rings. The Balaban J connectivity index is 5.27. The molecular weight excluding hydrogens is 1350 g/mol. The van der Waals surface area contributed by atoms with E-state index < -0.39 is 97.5 Å². The van der Waals surface area contributed by atoms with E-state index in [-0.39, 0.29) is 25.7 Å². The Morgan fingerprint density at radius 3 is 0.654 bits per heavy atom. The molecule has 618 valence electrons. The van der Waals surface area contributed by atoms with E-state index >= 15 is 0 Å². The lowest BCUT2D eigenvalue weighted by atomic mass is 10.0. The number of aliphatic hydroxyl groups is 1. The van der Waals surface area contributed by atoms with Crippen LogP contribution in [0.1, 0.15) is 452 Å². The minimum atomic E-state index is -4.96. The van der Waals surface area contributed by atoms with Crippen LogP contribution in [0.2, 0.25) is 0 Å². The van der Waals surface area contributed by atoms with Crippen molar-refractivity contribution < 1.29 is 80.2 Å². The molecule has 2 unspecified atom stereocenters. The first-order valence-electron chi connectivity index (χ1n) is 44.0. The maximum atomic E-state index is 13.1. The summed E-state index contributed by atoms with van der Waals surface area (Å²) in [6, 6.07) is 0. The highest BCUT2D eigenvalue weighted by Gasteiger charge is 2.30. The summed E-state index contributed by atoms with van der Waals surface area (Å²) in [6.07, 6.45) is 67.9. The van der Waals surface area contributed by atoms with Gasteiger partial charge in [0.05, 0.1) is 26.4 Å². The zero-order valence-corrected chi connectivity index (χ0v) is 70.1. The number of phosphoric ester groups is 2. The molecule has 104 heavy (non-hydrogen) atoms. The lowest BCUT2D eigenvalue weighted by Gasteiger charge is -2.21. The van der Waals surface area contributed by atoms with E-state index in [0.29, 0.717) is 25.7 Å². The van der Waals surface area contributed by atoms with Gasteiger partial charge in [-0.25, -0.2) is 9.13 Å². The molecule has 0 fully saturated rings. The third-order valence-corrected chi connectivity index (χ3v) is 21.9. The largest absolute Gasteiger partial charge is 0.472 e. The number of esters is 4. The van der Waals surface area contributed by atoms with Crippen LogP contribution in [-0.2, 0) is 65.4 Å². The van der Waals surface area contributed by atoms with Crippen LogP contribution in [0.25, 0.3) is 0 Å². The van der Waals surface area contributed by atoms with Gasteiger partial charge in [-0.05, 0) is 37.5 Å². The van der Waals surface area contributed by atoms with E-state index in [9.17, 15) is 43.2 Å². The Kier molecular flexibility index (Phi) is 75.0. The Bertz CT molecular complexity index is 1990. The normalized spacial score (nSPS) is 13.8. The predicted molar refractivity (Wildman–Crippen MR) is 428 cm³/mol. The molecule has 0 saturated carbocycles. The minimum Gasteiger partial charge on any atom is -0.462 e. The van der Waals surface area contributed by atoms with Gasteiger partial charge in [-0.3, -0.25) is 37.3 Å². The van der Waals surface area contributed by atoms with Gasteiger partial charge in [0.1, 0.15) is 19.3 Å². The van der Waals surface area contributed by atoms with Gasteiger partial charge in [-0.15, -0.1) is 0 Å². The Labute approximate surface area is 638 Å². The highest BCUT2D eigenvalue weighted by molar-refractivity contribution is 7.47. The molecule has 0 aliphatic heterocycles. The lowest BCUT2D eigenvalue weighted by molar-refractivity contribution is -0.161. The molecule has 0 saturated heterocycles. The number of unbranched alkanes of at least 4 members (excludes halogenated alkanes) is 54. The summed E-state index contributed by atoms with van der Waals surface area (Å²) in [5.41, 5.74) is 0. The van der Waals surface area contributed by atoms with Crippen molar-refractivity contribution in [2.75, 3.05) is 39.6 Å². The van der Waals surface area contributed by atoms with Crippen LogP contribution in [0.15, 0.2) is 0 Å². The molecule has 0 spiro atoms. The Morgan fingerprint density at radius 1 is 0.260 bits per heavy atom. The molecule has 17 nitrogen and oxygen atoms in total. The third kappa shape index (κ3) is 78.2. The number of carbonyl (C=O) groups excluding carboxylic acids is 4. The van der Waals surface area contributed by atoms with Gasteiger partial charge in [0.2, 0.25) is 0 Å². The first-order valence-corrected chi connectivity index (χ1v) is 47.0. The topological polar surface area (TPSA) is 237 Å². The van der Waals surface area contributed by atoms with Crippen LogP contribution >= 0.6 is 15.6 Å². The average Bonchev–Trinajstić information content (AvgIpc) is 0.913. The van der Waals surface area contributed by atoms with Gasteiger partial charge in [0.15, 0.2) is 12.2 Å². The Morgan fingerprint density at radius 2 is 0.442 bits per heavy atom. The van der Waals surface area contributed by atoms with Crippen molar-refractivity contribution >= 4 is 39.5 Å². The zero-order valence-electron chi connectivity index (χ0n) is 68.3. The molecule has 0 radical (unpaired) electrons. The predicted octanol–water partition coefficient (Wildman–Crippen LogP) is 25.8. The van der Waals surface area contributed by atoms with Gasteiger partial charge in [0.25, 0.3) is 0 Å². The average molecular weight is 1520 g/mol. The summed E-state index contributed by atoms with van der Waals surface area (Å²) in [7, 11) is -9.93. The molecule has 0 heterocycles. The monoisotopic (exact) mass is 1520 g/mol. The van der Waals surface area contributed by atoms with Crippen molar-refractivity contribution in [2.45, 2.75) is 471 Å². The molecule has 0 bridgehead atoms. The fourth-order valence-electron chi connectivity index (χ4n) is 13.2. The standard InChI is InChI=1S/C85H166O17P2/c1-7-9-11-13-15-17-19-21-22-23-24-25-26-32-39-45-51-57-63-69-84(89)101-81(74-96-83(88)68-62-56-50-44-38-33-27-30-35-41-47-53-59-65-77(3)4)76-100-104(93,94)98-72-79(86)71-97-103(91,92)99-75-80(73-95-82(87)67-61-55-49-43-37-29-20-18-16-14-12-10-8-2)102-85(90)70-64-58-52-46-40-34-28-31-36-42-48-54-60-66-78(5)6/h77-81,86H,7-76H2,1-6H3,(H,91,92)(H,93,94)/t79-,80+,81+/m0/s1. The van der Waals surface area contributed by atoms with Crippen LogP contribution in [-0.4, -0.2) is 96.7 Å². The van der Waals surface area contributed by atoms with Crippen LogP contribution in [0.4, 0.5) is 0 Å². The smallest absolute Gasteiger partial charge is 0.462 e. The number of phosphoric acid groups is 2. The van der Waals surface area contributed by atoms with Gasteiger partial charge in [0, 0.05) is 25.7 Å². The maximum absolute atomic E-state index is 13.1. The zero-order chi connectivity index (χ0) is 76.4. The van der Waals surface area contributed by atoms with Crippen LogP contribution < -0.4 is 0 Å². The second-order valence-electron chi connectivity index (χ2n) is 31.5. The summed E-state index contributed by atoms with van der Waals surface area (Å²) in [5.74, 6) is -0.523. The summed E-state index contributed by atoms with van der Waals surface area (Å²) in [5, 5.41) is 10.7. The van der Waals surface area contributed by atoms with Crippen LogP contribution in [0.5, 0.6) is 0 Å². The van der Waals surface area contributed by atoms with Gasteiger partial charge in [-0.2, -0.15) is 0 Å². The quantitative estimate of drug-likeness (QED) is 0.0222. The number of rotatable bonds is 84. The van der Waals surface area contributed by atoms with E-state index in [1.807, 2.05) is 0 Å². The fourth-order valence-corrected chi connectivity index (χ4v) is 14.8. The first kappa shape index (κ1) is 102. The Hall–Kier alpha value is -1.94. The molecule has 0 aromatic carbocycles. The molecule has 19 heteroatoms. The van der Waals surface area contributed by atoms with Crippen molar-refractivity contribution in [2.24, 2.45) is 11.8 Å². The molecular formula is C85H166O17P2. The maximum Gasteiger partial charge on any atom is 0.472 e. The van der Waals surface area contributed by atoms with E-state index in [1.54, 1.807) is 0 Å². The molecule has 0 aliphatic rings. The van der Waals surface area contributed by atoms with E-state index in [0.717, 1.165) is 102 Å². The highest BCUT2D eigenvalue weighted by Crippen LogP contribution is 2.45. The number of carbonyl (C=O) groups is 4. The molecule has 3 N–H and O–H groups in total. The van der Waals surface area contributed by atoms with Crippen molar-refractivity contribution in [1.29, 1.82) is 0 Å². The van der Waals surface area contributed by atoms with E-state index in [4.69, 9.17) is 37.0 Å². The molecule has 5 atom stereocenters. The van der Waals surface area contributed by atoms with Crippen LogP contribution in [0.3, 0.4) is 0 Å². The molecule has 0 aliphatic carbocycles. The SMILES string of the molecule is CCCCCCCCCCCCCCCCCCCCCC(=O)O[C@H](COC(=O)CCCCCCCCCCCCCCCC(C)C)COP(=O)(O)OC[C@@H](O)COP(=O)(O)OC[C@@H](COC(=O)CCCCCCCCCCCCCCC)OC(=O)CCCCCCCCCCCCCCCC(C)C. The van der Waals surface area contributed by atoms with Crippen molar-refractivity contribution in [1.82, 2.24) is 0 Å². The first-order chi connectivity index (χ1) is 50.4. The minimum absolute atomic E-state index is 0.108. The van der Waals surface area contributed by atoms with Gasteiger partial charge < -0.3 is 33.8 Å². The molecule has 0 rings (SSSR count). The van der Waals surface area contributed by atoms with E-state index in [2.05, 4.69) is 41.5 Å². The van der Waals surface area contributed by atoms with Crippen molar-refractivity contribution in [3.8, 4) is 0 Å². The summed E-state index contributed by atoms with van der Waals surface area (Å²) in [4.78, 5) is 73.2. The highest BCUT2D eigenvalue weighted by atomic mass is 31.2. The molecule has 0 amide bonds. The lowest BCUT2D eigenvalue weighted by Crippen LogP contribution is -2.30. The third-order valence-electron chi connectivity index (χ3n) is 20.0. The summed E-state index contributed by atoms with van der Waals surface area (Å²) in [6.45, 7) is 9.71. The fraction of sp³-hybridized carbons (Fsp3) is 0.953. The van der Waals surface area contributed by atoms with Crippen molar-refractivity contribution in [3.63, 3.8) is 0 Å². The van der Waals surface area contributed by atoms with Gasteiger partial charge in [-0.1, -0.05) is 401 Å². The van der Waals surface area contributed by atoms with E-state index in [1.165, 1.54) is 270 Å². The second-order valence-corrected chi connectivity index (χ2v) is 34.4. The number of aliphatic hydroxyl groups excluding tert-OH is 1. The van der Waals surface area contributed by atoms with Gasteiger partial charge >= 0.3 is 39.5 Å². The summed E-state index contributed by atoms with van der Waals surface area (Å²) < 4.78 is 68.9.